The number of rotatable bonds is 4. The lowest BCUT2D eigenvalue weighted by Crippen LogP contribution is -2.65. The number of nitrogens with zero attached hydrogens (tertiary/aromatic N) is 3. The van der Waals surface area contributed by atoms with Gasteiger partial charge in [0.1, 0.15) is 0 Å². The van der Waals surface area contributed by atoms with Crippen LogP contribution in [0.5, 0.6) is 0 Å². The summed E-state index contributed by atoms with van der Waals surface area (Å²) in [6.07, 6.45) is 2.40. The Balaban J connectivity index is 1.68. The molecule has 106 valence electrons. The predicted molar refractivity (Wildman–Crippen MR) is 70.6 cm³/mol. The summed E-state index contributed by atoms with van der Waals surface area (Å²) in [5.41, 5.74) is 0.216. The van der Waals surface area contributed by atoms with Crippen LogP contribution in [0.15, 0.2) is 4.52 Å². The van der Waals surface area contributed by atoms with E-state index in [0.717, 1.165) is 31.3 Å². The molecular formula is C14H23N3O2. The van der Waals surface area contributed by atoms with Gasteiger partial charge in [-0.05, 0) is 13.5 Å². The average molecular weight is 265 g/mol. The summed E-state index contributed by atoms with van der Waals surface area (Å²) in [5.74, 6) is 2.17. The van der Waals surface area contributed by atoms with Crippen LogP contribution in [0.3, 0.4) is 0 Å². The van der Waals surface area contributed by atoms with Crippen molar-refractivity contribution in [2.45, 2.75) is 52.3 Å². The molecule has 3 rings (SSSR count). The van der Waals surface area contributed by atoms with Gasteiger partial charge in [-0.1, -0.05) is 25.9 Å². The van der Waals surface area contributed by atoms with E-state index >= 15 is 0 Å². The molecule has 1 saturated carbocycles. The van der Waals surface area contributed by atoms with Gasteiger partial charge in [0.2, 0.25) is 5.89 Å². The van der Waals surface area contributed by atoms with Crippen LogP contribution < -0.4 is 0 Å². The topological polar surface area (TPSA) is 51.4 Å². The van der Waals surface area contributed by atoms with Gasteiger partial charge < -0.3 is 9.26 Å². The maximum Gasteiger partial charge on any atom is 0.226 e. The summed E-state index contributed by atoms with van der Waals surface area (Å²) < 4.78 is 11.0. The second-order valence-corrected chi connectivity index (χ2v) is 6.38. The van der Waals surface area contributed by atoms with E-state index in [-0.39, 0.29) is 5.41 Å². The Bertz CT molecular complexity index is 457. The van der Waals surface area contributed by atoms with Crippen molar-refractivity contribution in [3.8, 4) is 0 Å². The van der Waals surface area contributed by atoms with Gasteiger partial charge in [-0.25, -0.2) is 0 Å². The molecule has 0 radical (unpaired) electrons. The molecule has 1 saturated heterocycles. The number of ether oxygens (including phenoxy) is 1. The first-order valence-corrected chi connectivity index (χ1v) is 7.17. The molecule has 0 aromatic carbocycles. The van der Waals surface area contributed by atoms with E-state index in [1.807, 2.05) is 6.92 Å². The van der Waals surface area contributed by atoms with Crippen LogP contribution >= 0.6 is 0 Å². The zero-order chi connectivity index (χ0) is 13.6. The summed E-state index contributed by atoms with van der Waals surface area (Å²) in [6, 6.07) is 0.545. The van der Waals surface area contributed by atoms with Crippen molar-refractivity contribution in [2.24, 2.45) is 11.3 Å². The van der Waals surface area contributed by atoms with E-state index in [2.05, 4.69) is 35.9 Å². The lowest BCUT2D eigenvalue weighted by Gasteiger charge is -2.57. The molecule has 1 aliphatic carbocycles. The van der Waals surface area contributed by atoms with Gasteiger partial charge in [0, 0.05) is 30.4 Å². The number of hydrogen-bond donors (Lipinski definition) is 0. The number of hydrogen-bond acceptors (Lipinski definition) is 5. The normalized spacial score (nSPS) is 32.4. The molecule has 0 bridgehead atoms. The zero-order valence-electron chi connectivity index (χ0n) is 12.2. The minimum atomic E-state index is 0.216. The van der Waals surface area contributed by atoms with Crippen molar-refractivity contribution >= 4 is 0 Å². The van der Waals surface area contributed by atoms with Crippen molar-refractivity contribution < 1.29 is 9.26 Å². The maximum absolute atomic E-state index is 5.84. The van der Waals surface area contributed by atoms with Gasteiger partial charge >= 0.3 is 0 Å². The van der Waals surface area contributed by atoms with Crippen molar-refractivity contribution in [3.05, 3.63) is 11.7 Å². The van der Waals surface area contributed by atoms with Crippen molar-refractivity contribution in [1.82, 2.24) is 15.0 Å². The Kier molecular flexibility index (Phi) is 3.14. The third kappa shape index (κ3) is 1.99. The van der Waals surface area contributed by atoms with Gasteiger partial charge in [-0.3, -0.25) is 4.90 Å². The van der Waals surface area contributed by atoms with Crippen LogP contribution in [0.4, 0.5) is 0 Å². The molecule has 1 aromatic heterocycles. The molecule has 2 heterocycles. The van der Waals surface area contributed by atoms with Crippen LogP contribution in [-0.2, 0) is 17.7 Å². The molecule has 5 nitrogen and oxygen atoms in total. The van der Waals surface area contributed by atoms with Crippen molar-refractivity contribution in [2.75, 3.05) is 13.7 Å². The Morgan fingerprint density at radius 2 is 2.21 bits per heavy atom. The summed E-state index contributed by atoms with van der Waals surface area (Å²) in [4.78, 5) is 6.75. The molecule has 2 fully saturated rings. The fourth-order valence-corrected chi connectivity index (χ4v) is 4.01. The van der Waals surface area contributed by atoms with Gasteiger partial charge in [-0.2, -0.15) is 4.98 Å². The third-order valence-electron chi connectivity index (χ3n) is 4.72. The quantitative estimate of drug-likeness (QED) is 0.832. The summed E-state index contributed by atoms with van der Waals surface area (Å²) in [7, 11) is 2.16. The highest BCUT2D eigenvalue weighted by molar-refractivity contribution is 5.11. The summed E-state index contributed by atoms with van der Waals surface area (Å²) in [5, 5.41) is 4.04. The fourth-order valence-electron chi connectivity index (χ4n) is 4.01. The highest BCUT2D eigenvalue weighted by Gasteiger charge is 2.60. The first-order chi connectivity index (χ1) is 9.04. The molecule has 0 spiro atoms. The first kappa shape index (κ1) is 13.1. The minimum Gasteiger partial charge on any atom is -0.377 e. The molecule has 2 aliphatic rings. The second kappa shape index (κ2) is 4.56. The van der Waals surface area contributed by atoms with Gasteiger partial charge in [0.15, 0.2) is 5.82 Å². The zero-order valence-corrected chi connectivity index (χ0v) is 12.2. The molecule has 5 heteroatoms. The summed E-state index contributed by atoms with van der Waals surface area (Å²) >= 11 is 0. The van der Waals surface area contributed by atoms with Gasteiger partial charge in [0.25, 0.3) is 0 Å². The van der Waals surface area contributed by atoms with Crippen LogP contribution in [0.1, 0.15) is 38.9 Å². The van der Waals surface area contributed by atoms with Crippen LogP contribution in [-0.4, -0.2) is 40.8 Å². The van der Waals surface area contributed by atoms with Crippen molar-refractivity contribution in [3.63, 3.8) is 0 Å². The Hall–Kier alpha value is -0.940. The lowest BCUT2D eigenvalue weighted by atomic mass is 9.57. The minimum absolute atomic E-state index is 0.216. The smallest absolute Gasteiger partial charge is 0.226 e. The van der Waals surface area contributed by atoms with Crippen LogP contribution in [0.2, 0.25) is 0 Å². The SMILES string of the molecule is CCc1nc(CN(C)[C@@H]2[C@H]3CCO[C@@H]3C2(C)C)no1. The standard InChI is InChI=1S/C14H23N3O2/c1-5-11-15-10(16-19-11)8-17(4)12-9-6-7-18-13(9)14(12,2)3/h9,12-13H,5-8H2,1-4H3/t9-,12-,13+/m1/s1. The molecular weight excluding hydrogens is 242 g/mol. The van der Waals surface area contributed by atoms with Crippen LogP contribution in [0, 0.1) is 11.3 Å². The highest BCUT2D eigenvalue weighted by Crippen LogP contribution is 2.54. The molecule has 0 amide bonds. The molecule has 1 aromatic rings. The van der Waals surface area contributed by atoms with E-state index in [1.54, 1.807) is 0 Å². The monoisotopic (exact) mass is 265 g/mol. The van der Waals surface area contributed by atoms with E-state index in [9.17, 15) is 0 Å². The number of fused-ring (bicyclic) bond motifs is 1. The Morgan fingerprint density at radius 3 is 2.89 bits per heavy atom. The predicted octanol–water partition coefficient (Wildman–Crippen LogP) is 1.88. The van der Waals surface area contributed by atoms with Crippen molar-refractivity contribution in [1.29, 1.82) is 0 Å². The van der Waals surface area contributed by atoms with E-state index in [1.165, 1.54) is 6.42 Å². The largest absolute Gasteiger partial charge is 0.377 e. The third-order valence-corrected chi connectivity index (χ3v) is 4.72. The van der Waals surface area contributed by atoms with E-state index < -0.39 is 0 Å². The second-order valence-electron chi connectivity index (χ2n) is 6.38. The van der Waals surface area contributed by atoms with Gasteiger partial charge in [0.05, 0.1) is 12.6 Å². The highest BCUT2D eigenvalue weighted by atomic mass is 16.5. The van der Waals surface area contributed by atoms with E-state index in [4.69, 9.17) is 9.26 Å². The van der Waals surface area contributed by atoms with Gasteiger partial charge in [-0.15, -0.1) is 0 Å². The average Bonchev–Trinajstić information content (AvgIpc) is 2.96. The van der Waals surface area contributed by atoms with E-state index in [0.29, 0.717) is 18.1 Å². The number of aromatic nitrogens is 2. The maximum atomic E-state index is 5.84. The molecule has 3 atom stereocenters. The Morgan fingerprint density at radius 1 is 1.42 bits per heavy atom. The first-order valence-electron chi connectivity index (χ1n) is 7.17. The molecule has 1 aliphatic heterocycles. The van der Waals surface area contributed by atoms with Crippen LogP contribution in [0.25, 0.3) is 0 Å². The number of aryl methyl sites for hydroxylation is 1. The fraction of sp³-hybridized carbons (Fsp3) is 0.857. The summed E-state index contributed by atoms with van der Waals surface area (Å²) in [6.45, 7) is 8.28. The lowest BCUT2D eigenvalue weighted by molar-refractivity contribution is -0.151. The molecule has 0 N–H and O–H groups in total. The molecule has 19 heavy (non-hydrogen) atoms. The Labute approximate surface area is 114 Å². The molecule has 0 unspecified atom stereocenters.